The second kappa shape index (κ2) is 8.67. The van der Waals surface area contributed by atoms with Gasteiger partial charge in [-0.25, -0.2) is 0 Å². The maximum atomic E-state index is 8.91. The molecule has 0 saturated heterocycles. The molecule has 0 bridgehead atoms. The molecule has 90 valence electrons. The summed E-state index contributed by atoms with van der Waals surface area (Å²) in [5, 5.41) is 8.91. The van der Waals surface area contributed by atoms with Crippen molar-refractivity contribution < 1.29 is 24.1 Å². The van der Waals surface area contributed by atoms with Gasteiger partial charge in [-0.1, -0.05) is 6.58 Å². The first-order valence-corrected chi connectivity index (χ1v) is 4.89. The molecule has 3 atom stereocenters. The lowest BCUT2D eigenvalue weighted by Gasteiger charge is -2.20. The summed E-state index contributed by atoms with van der Waals surface area (Å²) in [7, 11) is 0. The molecule has 0 aliphatic carbocycles. The van der Waals surface area contributed by atoms with Crippen molar-refractivity contribution in [3.8, 4) is 0 Å². The lowest BCUT2D eigenvalue weighted by atomic mass is 10.6. The molecule has 0 aromatic carbocycles. The highest BCUT2D eigenvalue weighted by molar-refractivity contribution is 4.48. The van der Waals surface area contributed by atoms with Crippen LogP contribution in [0.15, 0.2) is 12.8 Å². The van der Waals surface area contributed by atoms with E-state index in [0.29, 0.717) is 13.2 Å². The van der Waals surface area contributed by atoms with Crippen LogP contribution in [-0.4, -0.2) is 37.2 Å². The molecule has 15 heavy (non-hydrogen) atoms. The fourth-order valence-corrected chi connectivity index (χ4v) is 0.964. The minimum atomic E-state index is -0.851. The van der Waals surface area contributed by atoms with Gasteiger partial charge in [0.15, 0.2) is 18.9 Å². The van der Waals surface area contributed by atoms with Gasteiger partial charge < -0.3 is 24.1 Å². The quantitative estimate of drug-likeness (QED) is 0.360. The van der Waals surface area contributed by atoms with Crippen LogP contribution in [0, 0.1) is 0 Å². The van der Waals surface area contributed by atoms with Crippen LogP contribution >= 0.6 is 0 Å². The zero-order valence-electron chi connectivity index (χ0n) is 9.51. The Kier molecular flexibility index (Phi) is 8.31. The SMILES string of the molecule is C=COCCOC(C)OC(C)OC(C)O. The molecule has 0 heterocycles. The summed E-state index contributed by atoms with van der Waals surface area (Å²) in [6, 6.07) is 0. The lowest BCUT2D eigenvalue weighted by molar-refractivity contribution is -0.271. The van der Waals surface area contributed by atoms with E-state index in [-0.39, 0.29) is 0 Å². The number of hydrogen-bond acceptors (Lipinski definition) is 5. The molecule has 0 radical (unpaired) electrons. The minimum absolute atomic E-state index is 0.410. The number of rotatable bonds is 9. The average Bonchev–Trinajstić information content (AvgIpc) is 2.10. The van der Waals surface area contributed by atoms with Crippen molar-refractivity contribution in [3.63, 3.8) is 0 Å². The molecule has 0 aliphatic rings. The maximum absolute atomic E-state index is 8.91. The number of hydrogen-bond donors (Lipinski definition) is 1. The Morgan fingerprint density at radius 2 is 1.80 bits per heavy atom. The Bertz CT molecular complexity index is 160. The summed E-state index contributed by atoms with van der Waals surface area (Å²) in [6.45, 7) is 9.20. The van der Waals surface area contributed by atoms with Gasteiger partial charge in [0.05, 0.1) is 12.9 Å². The third-order valence-electron chi connectivity index (χ3n) is 1.44. The first-order chi connectivity index (χ1) is 7.06. The first kappa shape index (κ1) is 14.4. The Hall–Kier alpha value is -0.620. The van der Waals surface area contributed by atoms with Crippen LogP contribution in [0.25, 0.3) is 0 Å². The summed E-state index contributed by atoms with van der Waals surface area (Å²) < 4.78 is 20.3. The molecule has 5 heteroatoms. The molecule has 0 amide bonds. The van der Waals surface area contributed by atoms with Crippen molar-refractivity contribution in [3.05, 3.63) is 12.8 Å². The van der Waals surface area contributed by atoms with E-state index < -0.39 is 18.9 Å². The summed E-state index contributed by atoms with van der Waals surface area (Å²) in [5.74, 6) is 0. The van der Waals surface area contributed by atoms with Gasteiger partial charge in [-0.2, -0.15) is 0 Å². The maximum Gasteiger partial charge on any atom is 0.161 e. The van der Waals surface area contributed by atoms with Gasteiger partial charge in [0.25, 0.3) is 0 Å². The Morgan fingerprint density at radius 1 is 1.13 bits per heavy atom. The van der Waals surface area contributed by atoms with Crippen molar-refractivity contribution in [1.29, 1.82) is 0 Å². The van der Waals surface area contributed by atoms with Gasteiger partial charge in [-0.3, -0.25) is 0 Å². The molecule has 3 unspecified atom stereocenters. The van der Waals surface area contributed by atoms with E-state index in [9.17, 15) is 0 Å². The minimum Gasteiger partial charge on any atom is -0.499 e. The van der Waals surface area contributed by atoms with Crippen LogP contribution in [-0.2, 0) is 18.9 Å². The fourth-order valence-electron chi connectivity index (χ4n) is 0.964. The van der Waals surface area contributed by atoms with Gasteiger partial charge in [-0.05, 0) is 20.8 Å². The second-order valence-corrected chi connectivity index (χ2v) is 2.91. The molecule has 0 rings (SSSR count). The number of ether oxygens (including phenoxy) is 4. The van der Waals surface area contributed by atoms with Gasteiger partial charge in [0.1, 0.15) is 6.61 Å². The standard InChI is InChI=1S/C10H20O5/c1-5-12-6-7-13-9(3)15-10(4)14-8(2)11/h5,8-11H,1,6-7H2,2-4H3. The molecule has 0 aromatic heterocycles. The molecule has 1 N–H and O–H groups in total. The normalized spacial score (nSPS) is 16.8. The van der Waals surface area contributed by atoms with Crippen molar-refractivity contribution in [2.45, 2.75) is 39.6 Å². The largest absolute Gasteiger partial charge is 0.499 e. The third-order valence-corrected chi connectivity index (χ3v) is 1.44. The summed E-state index contributed by atoms with van der Waals surface area (Å²) in [4.78, 5) is 0. The Morgan fingerprint density at radius 3 is 2.33 bits per heavy atom. The van der Waals surface area contributed by atoms with E-state index in [2.05, 4.69) is 6.58 Å². The van der Waals surface area contributed by atoms with Crippen LogP contribution in [0.5, 0.6) is 0 Å². The van der Waals surface area contributed by atoms with Crippen molar-refractivity contribution in [2.75, 3.05) is 13.2 Å². The molecule has 0 spiro atoms. The van der Waals surface area contributed by atoms with E-state index in [0.717, 1.165) is 0 Å². The average molecular weight is 220 g/mol. The second-order valence-electron chi connectivity index (χ2n) is 2.91. The van der Waals surface area contributed by atoms with E-state index >= 15 is 0 Å². The predicted molar refractivity (Wildman–Crippen MR) is 54.9 cm³/mol. The lowest BCUT2D eigenvalue weighted by Crippen LogP contribution is -2.26. The highest BCUT2D eigenvalue weighted by Crippen LogP contribution is 2.03. The Labute approximate surface area is 90.6 Å². The number of aliphatic hydroxyl groups is 1. The van der Waals surface area contributed by atoms with Crippen LogP contribution in [0.3, 0.4) is 0 Å². The first-order valence-electron chi connectivity index (χ1n) is 4.89. The van der Waals surface area contributed by atoms with E-state index in [1.54, 1.807) is 13.8 Å². The van der Waals surface area contributed by atoms with Gasteiger partial charge in [0.2, 0.25) is 0 Å². The molecular weight excluding hydrogens is 200 g/mol. The zero-order chi connectivity index (χ0) is 11.7. The van der Waals surface area contributed by atoms with Gasteiger partial charge in [0, 0.05) is 0 Å². The van der Waals surface area contributed by atoms with Crippen LogP contribution < -0.4 is 0 Å². The summed E-state index contributed by atoms with van der Waals surface area (Å²) >= 11 is 0. The Balaban J connectivity index is 3.46. The van der Waals surface area contributed by atoms with Crippen molar-refractivity contribution in [2.24, 2.45) is 0 Å². The van der Waals surface area contributed by atoms with E-state index in [1.807, 2.05) is 0 Å². The summed E-state index contributed by atoms with van der Waals surface area (Å²) in [5.41, 5.74) is 0. The smallest absolute Gasteiger partial charge is 0.161 e. The molecule has 5 nitrogen and oxygen atoms in total. The van der Waals surface area contributed by atoms with E-state index in [1.165, 1.54) is 13.2 Å². The fraction of sp³-hybridized carbons (Fsp3) is 0.800. The van der Waals surface area contributed by atoms with Crippen molar-refractivity contribution >= 4 is 0 Å². The molecule has 0 saturated carbocycles. The molecular formula is C10H20O5. The van der Waals surface area contributed by atoms with E-state index in [4.69, 9.17) is 24.1 Å². The van der Waals surface area contributed by atoms with Gasteiger partial charge in [-0.15, -0.1) is 0 Å². The third kappa shape index (κ3) is 9.68. The van der Waals surface area contributed by atoms with Crippen LogP contribution in [0.1, 0.15) is 20.8 Å². The topological polar surface area (TPSA) is 57.2 Å². The molecule has 0 fully saturated rings. The number of aliphatic hydroxyl groups excluding tert-OH is 1. The predicted octanol–water partition coefficient (Wildman–Crippen LogP) is 1.23. The molecule has 0 aromatic rings. The summed E-state index contributed by atoms with van der Waals surface area (Å²) in [6.07, 6.45) is -0.419. The van der Waals surface area contributed by atoms with Gasteiger partial charge >= 0.3 is 0 Å². The monoisotopic (exact) mass is 220 g/mol. The van der Waals surface area contributed by atoms with Crippen LogP contribution in [0.4, 0.5) is 0 Å². The molecule has 0 aliphatic heterocycles. The van der Waals surface area contributed by atoms with Crippen molar-refractivity contribution in [1.82, 2.24) is 0 Å². The van der Waals surface area contributed by atoms with Crippen LogP contribution in [0.2, 0.25) is 0 Å². The highest BCUT2D eigenvalue weighted by atomic mass is 16.8. The zero-order valence-corrected chi connectivity index (χ0v) is 9.51. The highest BCUT2D eigenvalue weighted by Gasteiger charge is 2.10.